The van der Waals surface area contributed by atoms with Crippen molar-refractivity contribution in [1.29, 1.82) is 0 Å². The Balaban J connectivity index is 2.22. The molecule has 0 aliphatic rings. The molecule has 0 fully saturated rings. The zero-order chi connectivity index (χ0) is 14.5. The zero-order valence-corrected chi connectivity index (χ0v) is 12.9. The summed E-state index contributed by atoms with van der Waals surface area (Å²) >= 11 is 3.38. The van der Waals surface area contributed by atoms with E-state index in [9.17, 15) is 4.79 Å². The van der Waals surface area contributed by atoms with Gasteiger partial charge in [0, 0.05) is 10.2 Å². The normalized spacial score (nSPS) is 11.9. The quantitative estimate of drug-likeness (QED) is 0.877. The summed E-state index contributed by atoms with van der Waals surface area (Å²) in [7, 11) is 0. The van der Waals surface area contributed by atoms with Crippen LogP contribution in [0.5, 0.6) is 0 Å². The minimum Gasteiger partial charge on any atom is -0.370 e. The molecular formula is C16H17BrN2O. The van der Waals surface area contributed by atoms with Gasteiger partial charge in [-0.15, -0.1) is 0 Å². The molecule has 0 aromatic heterocycles. The average Bonchev–Trinajstić information content (AvgIpc) is 2.46. The van der Waals surface area contributed by atoms with Crippen LogP contribution in [0.15, 0.2) is 53.0 Å². The maximum absolute atomic E-state index is 11.7. The van der Waals surface area contributed by atoms with E-state index in [1.807, 2.05) is 48.5 Å². The number of amides is 1. The molecule has 0 heterocycles. The summed E-state index contributed by atoms with van der Waals surface area (Å²) in [5.41, 5.74) is 8.47. The highest BCUT2D eigenvalue weighted by Gasteiger charge is 2.17. The Morgan fingerprint density at radius 1 is 1.15 bits per heavy atom. The van der Waals surface area contributed by atoms with Crippen molar-refractivity contribution in [3.63, 3.8) is 0 Å². The number of aryl methyl sites for hydroxylation is 1. The van der Waals surface area contributed by atoms with Gasteiger partial charge in [0.05, 0.1) is 0 Å². The fourth-order valence-corrected chi connectivity index (χ4v) is 2.24. The third kappa shape index (κ3) is 3.61. The number of nitrogens with one attached hydrogen (secondary N) is 1. The summed E-state index contributed by atoms with van der Waals surface area (Å²) < 4.78 is 0.992. The molecule has 0 saturated carbocycles. The summed E-state index contributed by atoms with van der Waals surface area (Å²) in [6, 6.07) is 15.0. The van der Waals surface area contributed by atoms with Crippen molar-refractivity contribution in [3.05, 3.63) is 64.1 Å². The van der Waals surface area contributed by atoms with Crippen LogP contribution in [0.4, 0.5) is 5.69 Å². The fourth-order valence-electron chi connectivity index (χ4n) is 1.98. The molecule has 0 aliphatic heterocycles. The molecule has 3 N–H and O–H groups in total. The lowest BCUT2D eigenvalue weighted by Gasteiger charge is -2.17. The predicted octanol–water partition coefficient (Wildman–Crippen LogP) is 3.65. The van der Waals surface area contributed by atoms with E-state index in [1.54, 1.807) is 0 Å². The Hall–Kier alpha value is -1.81. The molecule has 0 saturated heterocycles. The van der Waals surface area contributed by atoms with E-state index in [1.165, 1.54) is 5.56 Å². The number of carbonyl (C=O) groups excluding carboxylic acids is 1. The Morgan fingerprint density at radius 3 is 2.25 bits per heavy atom. The first kappa shape index (κ1) is 14.6. The van der Waals surface area contributed by atoms with Gasteiger partial charge in [0.15, 0.2) is 0 Å². The molecule has 2 aromatic rings. The lowest BCUT2D eigenvalue weighted by molar-refractivity contribution is -0.118. The lowest BCUT2D eigenvalue weighted by atomic mass is 10.0. The third-order valence-electron chi connectivity index (χ3n) is 3.16. The summed E-state index contributed by atoms with van der Waals surface area (Å²) in [5, 5.41) is 3.16. The molecule has 1 amide bonds. The number of carbonyl (C=O) groups is 1. The topological polar surface area (TPSA) is 55.1 Å². The highest BCUT2D eigenvalue weighted by molar-refractivity contribution is 9.10. The zero-order valence-electron chi connectivity index (χ0n) is 11.3. The highest BCUT2D eigenvalue weighted by Crippen LogP contribution is 2.21. The van der Waals surface area contributed by atoms with Crippen molar-refractivity contribution in [1.82, 2.24) is 0 Å². The Morgan fingerprint density at radius 2 is 1.75 bits per heavy atom. The first-order chi connectivity index (χ1) is 9.60. The van der Waals surface area contributed by atoms with Crippen LogP contribution in [0.3, 0.4) is 0 Å². The van der Waals surface area contributed by atoms with E-state index in [0.717, 1.165) is 22.1 Å². The van der Waals surface area contributed by atoms with Gasteiger partial charge in [-0.05, 0) is 41.8 Å². The highest BCUT2D eigenvalue weighted by atomic mass is 79.9. The molecule has 104 valence electrons. The molecule has 0 radical (unpaired) electrons. The van der Waals surface area contributed by atoms with E-state index in [-0.39, 0.29) is 0 Å². The Labute approximate surface area is 127 Å². The van der Waals surface area contributed by atoms with Crippen LogP contribution >= 0.6 is 15.9 Å². The maximum Gasteiger partial charge on any atom is 0.244 e. The molecule has 3 nitrogen and oxygen atoms in total. The van der Waals surface area contributed by atoms with Crippen molar-refractivity contribution in [2.45, 2.75) is 19.4 Å². The summed E-state index contributed by atoms with van der Waals surface area (Å²) in [4.78, 5) is 11.7. The van der Waals surface area contributed by atoms with Gasteiger partial charge in [0.25, 0.3) is 0 Å². The van der Waals surface area contributed by atoms with Crippen molar-refractivity contribution < 1.29 is 4.79 Å². The molecule has 1 unspecified atom stereocenters. The van der Waals surface area contributed by atoms with Gasteiger partial charge in [-0.3, -0.25) is 4.79 Å². The summed E-state index contributed by atoms with van der Waals surface area (Å²) in [6.07, 6.45) is 0.974. The van der Waals surface area contributed by atoms with Crippen LogP contribution in [-0.4, -0.2) is 5.91 Å². The van der Waals surface area contributed by atoms with Crippen LogP contribution < -0.4 is 11.1 Å². The molecule has 20 heavy (non-hydrogen) atoms. The second kappa shape index (κ2) is 6.57. The molecule has 2 aromatic carbocycles. The van der Waals surface area contributed by atoms with Gasteiger partial charge in [-0.25, -0.2) is 0 Å². The first-order valence-electron chi connectivity index (χ1n) is 6.50. The number of hydrogen-bond acceptors (Lipinski definition) is 2. The Bertz CT molecular complexity index is 578. The summed E-state index contributed by atoms with van der Waals surface area (Å²) in [5.74, 6) is -0.392. The van der Waals surface area contributed by atoms with E-state index < -0.39 is 11.9 Å². The second-order valence-electron chi connectivity index (χ2n) is 4.58. The number of rotatable bonds is 5. The molecule has 1 atom stereocenters. The van der Waals surface area contributed by atoms with Crippen LogP contribution in [0, 0.1) is 0 Å². The molecule has 0 bridgehead atoms. The van der Waals surface area contributed by atoms with Crippen LogP contribution in [0.25, 0.3) is 0 Å². The van der Waals surface area contributed by atoms with E-state index in [4.69, 9.17) is 5.73 Å². The van der Waals surface area contributed by atoms with Gasteiger partial charge in [0.1, 0.15) is 6.04 Å². The minimum absolute atomic E-state index is 0.392. The van der Waals surface area contributed by atoms with E-state index >= 15 is 0 Å². The number of benzene rings is 2. The SMILES string of the molecule is CCc1ccc(C(Nc2ccc(Br)cc2)C(N)=O)cc1. The lowest BCUT2D eigenvalue weighted by Crippen LogP contribution is -2.27. The monoisotopic (exact) mass is 332 g/mol. The van der Waals surface area contributed by atoms with Crippen molar-refractivity contribution >= 4 is 27.5 Å². The molecular weight excluding hydrogens is 316 g/mol. The van der Waals surface area contributed by atoms with Crippen LogP contribution in [0.1, 0.15) is 24.1 Å². The smallest absolute Gasteiger partial charge is 0.244 e. The standard InChI is InChI=1S/C16H17BrN2O/c1-2-11-3-5-12(6-4-11)15(16(18)20)19-14-9-7-13(17)8-10-14/h3-10,15,19H,2H2,1H3,(H2,18,20). The molecule has 0 spiro atoms. The van der Waals surface area contributed by atoms with E-state index in [2.05, 4.69) is 28.2 Å². The number of nitrogens with two attached hydrogens (primary N) is 1. The number of primary amides is 1. The average molecular weight is 333 g/mol. The number of anilines is 1. The van der Waals surface area contributed by atoms with Crippen molar-refractivity contribution in [2.75, 3.05) is 5.32 Å². The van der Waals surface area contributed by atoms with Gasteiger partial charge in [-0.1, -0.05) is 47.1 Å². The van der Waals surface area contributed by atoms with Crippen LogP contribution in [-0.2, 0) is 11.2 Å². The van der Waals surface area contributed by atoms with Crippen molar-refractivity contribution in [3.8, 4) is 0 Å². The molecule has 4 heteroatoms. The van der Waals surface area contributed by atoms with Crippen LogP contribution in [0.2, 0.25) is 0 Å². The maximum atomic E-state index is 11.7. The molecule has 2 rings (SSSR count). The third-order valence-corrected chi connectivity index (χ3v) is 3.69. The first-order valence-corrected chi connectivity index (χ1v) is 7.29. The fraction of sp³-hybridized carbons (Fsp3) is 0.188. The minimum atomic E-state index is -0.526. The predicted molar refractivity (Wildman–Crippen MR) is 85.5 cm³/mol. The largest absolute Gasteiger partial charge is 0.370 e. The Kier molecular flexibility index (Phi) is 4.79. The van der Waals surface area contributed by atoms with Gasteiger partial charge >= 0.3 is 0 Å². The summed E-state index contributed by atoms with van der Waals surface area (Å²) in [6.45, 7) is 2.10. The van der Waals surface area contributed by atoms with Gasteiger partial charge < -0.3 is 11.1 Å². The van der Waals surface area contributed by atoms with Gasteiger partial charge in [0.2, 0.25) is 5.91 Å². The van der Waals surface area contributed by atoms with Crippen molar-refractivity contribution in [2.24, 2.45) is 5.73 Å². The number of hydrogen-bond donors (Lipinski definition) is 2. The van der Waals surface area contributed by atoms with E-state index in [0.29, 0.717) is 0 Å². The van der Waals surface area contributed by atoms with Gasteiger partial charge in [-0.2, -0.15) is 0 Å². The second-order valence-corrected chi connectivity index (χ2v) is 5.50. The molecule has 0 aliphatic carbocycles. The number of halogens is 1.